The Hall–Kier alpha value is -1.48. The maximum absolute atomic E-state index is 5.68. The van der Waals surface area contributed by atoms with E-state index in [1.807, 2.05) is 6.20 Å². The molecule has 78 valence electrons. The average molecular weight is 202 g/mol. The third-order valence-electron chi connectivity index (χ3n) is 2.99. The molecule has 0 bridgehead atoms. The Kier molecular flexibility index (Phi) is 1.92. The average Bonchev–Trinajstić information content (AvgIpc) is 2.84. The first-order chi connectivity index (χ1) is 7.40. The second-order valence-electron chi connectivity index (χ2n) is 3.92. The first-order valence-electron chi connectivity index (χ1n) is 5.35. The first-order valence-corrected chi connectivity index (χ1v) is 5.35. The van der Waals surface area contributed by atoms with E-state index in [1.54, 1.807) is 0 Å². The molecule has 0 aliphatic carbocycles. The van der Waals surface area contributed by atoms with Crippen molar-refractivity contribution in [3.63, 3.8) is 0 Å². The van der Waals surface area contributed by atoms with E-state index in [0.29, 0.717) is 6.54 Å². The van der Waals surface area contributed by atoms with E-state index in [0.717, 1.165) is 25.2 Å². The maximum Gasteiger partial charge on any atom is 0.127 e. The van der Waals surface area contributed by atoms with Gasteiger partial charge in [0.05, 0.1) is 12.1 Å². The predicted molar refractivity (Wildman–Crippen MR) is 60.3 cm³/mol. The number of hydrogen-bond donors (Lipinski definition) is 2. The number of rotatable bonds is 2. The lowest BCUT2D eigenvalue weighted by molar-refractivity contribution is 0.354. The van der Waals surface area contributed by atoms with Gasteiger partial charge in [0.2, 0.25) is 0 Å². The van der Waals surface area contributed by atoms with Gasteiger partial charge in [0.1, 0.15) is 5.75 Å². The molecule has 0 atom stereocenters. The summed E-state index contributed by atoms with van der Waals surface area (Å²) in [6.45, 7) is 1.47. The van der Waals surface area contributed by atoms with E-state index >= 15 is 0 Å². The smallest absolute Gasteiger partial charge is 0.127 e. The minimum Gasteiger partial charge on any atom is -0.493 e. The third-order valence-corrected chi connectivity index (χ3v) is 2.99. The molecule has 0 amide bonds. The number of nitrogens with two attached hydrogens (primary N) is 1. The van der Waals surface area contributed by atoms with Crippen LogP contribution in [0.1, 0.15) is 11.1 Å². The summed E-state index contributed by atoms with van der Waals surface area (Å²) in [5, 5.41) is 1.27. The van der Waals surface area contributed by atoms with E-state index in [2.05, 4.69) is 17.1 Å². The highest BCUT2D eigenvalue weighted by atomic mass is 16.5. The van der Waals surface area contributed by atoms with Crippen LogP contribution >= 0.6 is 0 Å². The van der Waals surface area contributed by atoms with Gasteiger partial charge in [-0.15, -0.1) is 0 Å². The van der Waals surface area contributed by atoms with Crippen molar-refractivity contribution in [2.24, 2.45) is 5.73 Å². The monoisotopic (exact) mass is 202 g/mol. The minimum absolute atomic E-state index is 0.661. The van der Waals surface area contributed by atoms with Crippen LogP contribution in [-0.4, -0.2) is 18.1 Å². The van der Waals surface area contributed by atoms with Gasteiger partial charge in [-0.1, -0.05) is 0 Å². The lowest BCUT2D eigenvalue weighted by atomic mass is 10.0. The number of nitrogens with one attached hydrogen (secondary N) is 1. The summed E-state index contributed by atoms with van der Waals surface area (Å²) in [6, 6.07) is 4.32. The van der Waals surface area contributed by atoms with Crippen LogP contribution in [0, 0.1) is 0 Å². The number of H-pyrrole nitrogens is 1. The van der Waals surface area contributed by atoms with Crippen molar-refractivity contribution in [2.75, 3.05) is 13.2 Å². The molecule has 3 N–H and O–H groups in total. The Morgan fingerprint density at radius 3 is 3.27 bits per heavy atom. The van der Waals surface area contributed by atoms with Crippen molar-refractivity contribution < 1.29 is 4.74 Å². The number of fused-ring (bicyclic) bond motifs is 2. The van der Waals surface area contributed by atoms with Crippen LogP contribution in [0.2, 0.25) is 0 Å². The molecule has 3 nitrogen and oxygen atoms in total. The SMILES string of the molecule is NCCc1c2c(cc3cc[nH]c13)CCO2. The zero-order chi connectivity index (χ0) is 10.3. The second kappa shape index (κ2) is 3.28. The van der Waals surface area contributed by atoms with Crippen LogP contribution < -0.4 is 10.5 Å². The summed E-state index contributed by atoms with van der Waals surface area (Å²) in [5.41, 5.74) is 9.39. The largest absolute Gasteiger partial charge is 0.493 e. The van der Waals surface area contributed by atoms with Crippen molar-refractivity contribution in [1.29, 1.82) is 0 Å². The Labute approximate surface area is 88.2 Å². The summed E-state index contributed by atoms with van der Waals surface area (Å²) in [6.07, 6.45) is 3.87. The summed E-state index contributed by atoms with van der Waals surface area (Å²) in [5.74, 6) is 1.07. The Balaban J connectivity index is 2.29. The fourth-order valence-electron chi connectivity index (χ4n) is 2.34. The molecule has 1 aromatic carbocycles. The zero-order valence-corrected chi connectivity index (χ0v) is 8.55. The highest BCUT2D eigenvalue weighted by molar-refractivity contribution is 5.86. The molecule has 3 heteroatoms. The van der Waals surface area contributed by atoms with Crippen LogP contribution in [0.25, 0.3) is 10.9 Å². The van der Waals surface area contributed by atoms with Crippen molar-refractivity contribution in [3.05, 3.63) is 29.5 Å². The molecule has 1 aliphatic rings. The summed E-state index contributed by atoms with van der Waals surface area (Å²) in [4.78, 5) is 3.27. The lowest BCUT2D eigenvalue weighted by Gasteiger charge is -2.08. The Morgan fingerprint density at radius 2 is 2.40 bits per heavy atom. The summed E-state index contributed by atoms with van der Waals surface area (Å²) >= 11 is 0. The molecule has 2 heterocycles. The number of benzene rings is 1. The first kappa shape index (κ1) is 8.80. The molecule has 3 rings (SSSR count). The van der Waals surface area contributed by atoms with Crippen molar-refractivity contribution >= 4 is 10.9 Å². The van der Waals surface area contributed by atoms with Gasteiger partial charge in [-0.25, -0.2) is 0 Å². The lowest BCUT2D eigenvalue weighted by Crippen LogP contribution is -2.04. The molecule has 0 saturated heterocycles. The highest BCUT2D eigenvalue weighted by Crippen LogP contribution is 2.35. The Morgan fingerprint density at radius 1 is 1.47 bits per heavy atom. The molecule has 0 radical (unpaired) electrons. The molecule has 2 aromatic rings. The van der Waals surface area contributed by atoms with Gasteiger partial charge in [-0.3, -0.25) is 0 Å². The van der Waals surface area contributed by atoms with E-state index in [9.17, 15) is 0 Å². The van der Waals surface area contributed by atoms with Crippen molar-refractivity contribution in [1.82, 2.24) is 4.98 Å². The fourth-order valence-corrected chi connectivity index (χ4v) is 2.34. The van der Waals surface area contributed by atoms with Crippen LogP contribution in [0.15, 0.2) is 18.3 Å². The third kappa shape index (κ3) is 1.23. The van der Waals surface area contributed by atoms with Gasteiger partial charge in [0.15, 0.2) is 0 Å². The van der Waals surface area contributed by atoms with Gasteiger partial charge >= 0.3 is 0 Å². The molecule has 1 aromatic heterocycles. The van der Waals surface area contributed by atoms with Crippen LogP contribution in [-0.2, 0) is 12.8 Å². The minimum atomic E-state index is 0.661. The number of aromatic amines is 1. The topological polar surface area (TPSA) is 51.0 Å². The quantitative estimate of drug-likeness (QED) is 0.777. The van der Waals surface area contributed by atoms with Crippen molar-refractivity contribution in [2.45, 2.75) is 12.8 Å². The zero-order valence-electron chi connectivity index (χ0n) is 8.55. The van der Waals surface area contributed by atoms with E-state index in [4.69, 9.17) is 10.5 Å². The van der Waals surface area contributed by atoms with Crippen LogP contribution in [0.4, 0.5) is 0 Å². The molecule has 0 fully saturated rings. The van der Waals surface area contributed by atoms with Gasteiger partial charge in [-0.05, 0) is 30.7 Å². The van der Waals surface area contributed by atoms with E-state index in [1.165, 1.54) is 22.0 Å². The number of aromatic nitrogens is 1. The van der Waals surface area contributed by atoms with Crippen molar-refractivity contribution in [3.8, 4) is 5.75 Å². The van der Waals surface area contributed by atoms with Gasteiger partial charge in [-0.2, -0.15) is 0 Å². The summed E-state index contributed by atoms with van der Waals surface area (Å²) < 4.78 is 5.68. The Bertz CT molecular complexity index is 502. The van der Waals surface area contributed by atoms with E-state index < -0.39 is 0 Å². The normalized spacial score (nSPS) is 14.2. The predicted octanol–water partition coefficient (Wildman–Crippen LogP) is 1.60. The maximum atomic E-state index is 5.68. The second-order valence-corrected chi connectivity index (χ2v) is 3.92. The van der Waals surface area contributed by atoms with E-state index in [-0.39, 0.29) is 0 Å². The molecule has 1 aliphatic heterocycles. The van der Waals surface area contributed by atoms with Crippen LogP contribution in [0.5, 0.6) is 5.75 Å². The summed E-state index contributed by atoms with van der Waals surface area (Å²) in [7, 11) is 0. The molecule has 0 saturated carbocycles. The standard InChI is InChI=1S/C12H14N2O/c13-4-1-10-11-8(2-5-14-11)7-9-3-6-15-12(9)10/h2,5,7,14H,1,3-4,6,13H2. The molecule has 0 spiro atoms. The molecule has 15 heavy (non-hydrogen) atoms. The number of ether oxygens (including phenoxy) is 1. The molecular formula is C12H14N2O. The molecular weight excluding hydrogens is 188 g/mol. The fraction of sp³-hybridized carbons (Fsp3) is 0.333. The van der Waals surface area contributed by atoms with Crippen LogP contribution in [0.3, 0.4) is 0 Å². The number of hydrogen-bond acceptors (Lipinski definition) is 2. The van der Waals surface area contributed by atoms with Gasteiger partial charge in [0, 0.05) is 23.6 Å². The molecule has 0 unspecified atom stereocenters. The van der Waals surface area contributed by atoms with Gasteiger partial charge < -0.3 is 15.5 Å². The highest BCUT2D eigenvalue weighted by Gasteiger charge is 2.19. The van der Waals surface area contributed by atoms with Gasteiger partial charge in [0.25, 0.3) is 0 Å².